The van der Waals surface area contributed by atoms with Crippen LogP contribution < -0.4 is 16.0 Å². The fraction of sp³-hybridized carbons (Fsp3) is 0.391. The third kappa shape index (κ3) is 9.63. The second kappa shape index (κ2) is 13.5. The minimum absolute atomic E-state index is 0.208. The van der Waals surface area contributed by atoms with Crippen molar-refractivity contribution in [3.8, 4) is 0 Å². The summed E-state index contributed by atoms with van der Waals surface area (Å²) in [6, 6.07) is 8.34. The minimum atomic E-state index is -1.17. The van der Waals surface area contributed by atoms with Gasteiger partial charge in [-0.1, -0.05) is 18.6 Å². The molecule has 0 aliphatic heterocycles. The van der Waals surface area contributed by atoms with Crippen LogP contribution in [0, 0.1) is 17.0 Å². The number of non-ortho nitro benzene ring substituents is 1. The number of pyridine rings is 1. The molecule has 0 spiro atoms. The summed E-state index contributed by atoms with van der Waals surface area (Å²) in [6.45, 7) is 2.42. The Labute approximate surface area is 197 Å². The quantitative estimate of drug-likeness (QED) is 0.186. The number of nitro benzene ring substituents is 1. The number of carboxylic acid groups (broad SMARTS) is 1. The van der Waals surface area contributed by atoms with Gasteiger partial charge in [-0.25, -0.2) is 4.98 Å². The molecule has 2 rings (SSSR count). The second-order valence-electron chi connectivity index (χ2n) is 7.80. The van der Waals surface area contributed by atoms with Crippen molar-refractivity contribution in [1.82, 2.24) is 15.6 Å². The predicted octanol–water partition coefficient (Wildman–Crippen LogP) is 2.72. The summed E-state index contributed by atoms with van der Waals surface area (Å²) in [7, 11) is 0. The summed E-state index contributed by atoms with van der Waals surface area (Å²) in [4.78, 5) is 50.0. The molecule has 0 bridgehead atoms. The molecule has 1 aromatic carbocycles. The summed E-state index contributed by atoms with van der Waals surface area (Å²) < 4.78 is 0. The van der Waals surface area contributed by atoms with Crippen molar-refractivity contribution in [1.29, 1.82) is 0 Å². The number of carbonyl (C=O) groups excluding carboxylic acids is 2. The molecule has 0 aliphatic carbocycles. The number of carbonyl (C=O) groups is 3. The maximum absolute atomic E-state index is 12.2. The molecule has 11 nitrogen and oxygen atoms in total. The zero-order valence-corrected chi connectivity index (χ0v) is 19.0. The van der Waals surface area contributed by atoms with Gasteiger partial charge in [-0.2, -0.15) is 0 Å². The van der Waals surface area contributed by atoms with Gasteiger partial charge in [-0.05, 0) is 43.0 Å². The van der Waals surface area contributed by atoms with E-state index < -0.39 is 29.3 Å². The largest absolute Gasteiger partial charge is 0.481 e. The van der Waals surface area contributed by atoms with E-state index in [2.05, 4.69) is 20.9 Å². The predicted molar refractivity (Wildman–Crippen MR) is 125 cm³/mol. The highest BCUT2D eigenvalue weighted by atomic mass is 16.6. The first-order chi connectivity index (χ1) is 16.2. The molecule has 1 unspecified atom stereocenters. The molecule has 182 valence electrons. The number of rotatable bonds is 14. The number of hydrogen-bond donors (Lipinski definition) is 4. The second-order valence-corrected chi connectivity index (χ2v) is 7.80. The monoisotopic (exact) mass is 471 g/mol. The number of nitro groups is 1. The van der Waals surface area contributed by atoms with Crippen LogP contribution in [0.5, 0.6) is 0 Å². The van der Waals surface area contributed by atoms with Crippen molar-refractivity contribution in [2.24, 2.45) is 0 Å². The van der Waals surface area contributed by atoms with Crippen LogP contribution >= 0.6 is 0 Å². The molecule has 34 heavy (non-hydrogen) atoms. The number of anilines is 1. The van der Waals surface area contributed by atoms with E-state index in [1.165, 1.54) is 24.3 Å². The first-order valence-electron chi connectivity index (χ1n) is 10.9. The van der Waals surface area contributed by atoms with Crippen LogP contribution in [0.3, 0.4) is 0 Å². The standard InChI is InChI=1S/C23H29N5O6/c1-16-9-11-25-20(12-16)24-10-4-2-3-8-21(29)26-15-22(30)27-19(14-23(31)32)17-6-5-7-18(13-17)28(33)34/h5-7,9,11-13,19H,2-4,8,10,14-15H2,1H3,(H,24,25)(H,26,29)(H,27,30)(H,31,32). The summed E-state index contributed by atoms with van der Waals surface area (Å²) in [5.74, 6) is -1.22. The summed E-state index contributed by atoms with van der Waals surface area (Å²) in [5.41, 5.74) is 1.21. The van der Waals surface area contributed by atoms with Crippen molar-refractivity contribution in [3.05, 3.63) is 63.8 Å². The van der Waals surface area contributed by atoms with Crippen molar-refractivity contribution < 1.29 is 24.4 Å². The van der Waals surface area contributed by atoms with Crippen LogP contribution in [0.25, 0.3) is 0 Å². The molecular formula is C23H29N5O6. The number of amides is 2. The molecule has 2 amide bonds. The number of aliphatic carboxylic acids is 1. The highest BCUT2D eigenvalue weighted by Gasteiger charge is 2.20. The van der Waals surface area contributed by atoms with Crippen LogP contribution in [0.1, 0.15) is 49.3 Å². The Hall–Kier alpha value is -4.02. The van der Waals surface area contributed by atoms with E-state index in [0.717, 1.165) is 30.8 Å². The summed E-state index contributed by atoms with van der Waals surface area (Å²) in [5, 5.41) is 28.4. The third-order valence-electron chi connectivity index (χ3n) is 4.95. The van der Waals surface area contributed by atoms with Crippen molar-refractivity contribution in [2.75, 3.05) is 18.4 Å². The molecule has 4 N–H and O–H groups in total. The van der Waals surface area contributed by atoms with Gasteiger partial charge in [-0.3, -0.25) is 24.5 Å². The number of hydrogen-bond acceptors (Lipinski definition) is 7. The first kappa shape index (κ1) is 26.2. The van der Waals surface area contributed by atoms with E-state index in [1.807, 2.05) is 19.1 Å². The van der Waals surface area contributed by atoms with Crippen molar-refractivity contribution >= 4 is 29.3 Å². The van der Waals surface area contributed by atoms with Gasteiger partial charge in [0.05, 0.1) is 23.9 Å². The van der Waals surface area contributed by atoms with Gasteiger partial charge in [0, 0.05) is 31.3 Å². The SMILES string of the molecule is Cc1ccnc(NCCCCCC(=O)NCC(=O)NC(CC(=O)O)c2cccc([N+](=O)[O-])c2)c1. The molecule has 0 radical (unpaired) electrons. The van der Waals surface area contributed by atoms with Gasteiger partial charge in [0.2, 0.25) is 11.8 Å². The zero-order valence-electron chi connectivity index (χ0n) is 19.0. The Balaban J connectivity index is 1.70. The average molecular weight is 472 g/mol. The molecule has 0 saturated carbocycles. The van der Waals surface area contributed by atoms with E-state index >= 15 is 0 Å². The number of nitrogens with zero attached hydrogens (tertiary/aromatic N) is 2. The Kier molecular flexibility index (Phi) is 10.4. The highest BCUT2D eigenvalue weighted by molar-refractivity contribution is 5.85. The van der Waals surface area contributed by atoms with E-state index in [9.17, 15) is 24.5 Å². The smallest absolute Gasteiger partial charge is 0.305 e. The molecule has 2 aromatic rings. The first-order valence-corrected chi connectivity index (χ1v) is 10.9. The molecule has 1 atom stereocenters. The Morgan fingerprint density at radius 1 is 1.12 bits per heavy atom. The lowest BCUT2D eigenvalue weighted by Gasteiger charge is -2.17. The number of aromatic nitrogens is 1. The van der Waals surface area contributed by atoms with Crippen LogP contribution in [0.4, 0.5) is 11.5 Å². The summed E-state index contributed by atoms with van der Waals surface area (Å²) >= 11 is 0. The van der Waals surface area contributed by atoms with Gasteiger partial charge in [0.25, 0.3) is 5.69 Å². The molecule has 0 fully saturated rings. The lowest BCUT2D eigenvalue weighted by atomic mass is 10.0. The molecular weight excluding hydrogens is 442 g/mol. The minimum Gasteiger partial charge on any atom is -0.481 e. The number of unbranched alkanes of at least 4 members (excludes halogenated alkanes) is 2. The lowest BCUT2D eigenvalue weighted by molar-refractivity contribution is -0.384. The Bertz CT molecular complexity index is 1010. The third-order valence-corrected chi connectivity index (χ3v) is 4.95. The number of nitrogens with one attached hydrogen (secondary N) is 3. The number of aryl methyl sites for hydroxylation is 1. The van der Waals surface area contributed by atoms with Gasteiger partial charge >= 0.3 is 5.97 Å². The average Bonchev–Trinajstić information content (AvgIpc) is 2.79. The van der Waals surface area contributed by atoms with E-state index in [-0.39, 0.29) is 24.6 Å². The Morgan fingerprint density at radius 3 is 2.62 bits per heavy atom. The normalized spacial score (nSPS) is 11.3. The van der Waals surface area contributed by atoms with Crippen molar-refractivity contribution in [2.45, 2.75) is 45.1 Å². The van der Waals surface area contributed by atoms with Gasteiger partial charge in [-0.15, -0.1) is 0 Å². The van der Waals surface area contributed by atoms with Crippen LogP contribution in [0.2, 0.25) is 0 Å². The molecule has 0 aliphatic rings. The number of carboxylic acids is 1. The van der Waals surface area contributed by atoms with Crippen LogP contribution in [-0.4, -0.2) is 45.9 Å². The topological polar surface area (TPSA) is 164 Å². The van der Waals surface area contributed by atoms with E-state index in [0.29, 0.717) is 12.0 Å². The van der Waals surface area contributed by atoms with E-state index in [4.69, 9.17) is 5.11 Å². The zero-order chi connectivity index (χ0) is 24.9. The lowest BCUT2D eigenvalue weighted by Crippen LogP contribution is -2.39. The fourth-order valence-corrected chi connectivity index (χ4v) is 3.23. The summed E-state index contributed by atoms with van der Waals surface area (Å²) in [6.07, 6.45) is 3.90. The van der Waals surface area contributed by atoms with Crippen molar-refractivity contribution in [3.63, 3.8) is 0 Å². The molecule has 1 heterocycles. The fourth-order valence-electron chi connectivity index (χ4n) is 3.23. The highest BCUT2D eigenvalue weighted by Crippen LogP contribution is 2.21. The van der Waals surface area contributed by atoms with Crippen LogP contribution in [-0.2, 0) is 14.4 Å². The maximum atomic E-state index is 12.2. The van der Waals surface area contributed by atoms with Gasteiger partial charge in [0.15, 0.2) is 0 Å². The van der Waals surface area contributed by atoms with Crippen LogP contribution in [0.15, 0.2) is 42.6 Å². The Morgan fingerprint density at radius 2 is 1.91 bits per heavy atom. The molecule has 0 saturated heterocycles. The molecule has 11 heteroatoms. The van der Waals surface area contributed by atoms with Gasteiger partial charge < -0.3 is 21.1 Å². The molecule has 1 aromatic heterocycles. The van der Waals surface area contributed by atoms with E-state index in [1.54, 1.807) is 6.20 Å². The number of benzene rings is 1. The van der Waals surface area contributed by atoms with Gasteiger partial charge in [0.1, 0.15) is 5.82 Å². The maximum Gasteiger partial charge on any atom is 0.305 e.